The number of likely N-dealkylation sites (tertiary alicyclic amines) is 1. The molecule has 1 aromatic heterocycles. The lowest BCUT2D eigenvalue weighted by Gasteiger charge is -2.35. The van der Waals surface area contributed by atoms with Crippen LogP contribution in [0.1, 0.15) is 25.0 Å². The number of piperidine rings is 1. The number of hydrogen-bond acceptors (Lipinski definition) is 3. The zero-order valence-electron chi connectivity index (χ0n) is 10.7. The summed E-state index contributed by atoms with van der Waals surface area (Å²) in [5.74, 6) is 0. The zero-order valence-corrected chi connectivity index (χ0v) is 10.7. The number of rotatable bonds is 5. The summed E-state index contributed by atoms with van der Waals surface area (Å²) < 4.78 is 0. The van der Waals surface area contributed by atoms with Crippen molar-refractivity contribution in [2.24, 2.45) is 0 Å². The van der Waals surface area contributed by atoms with Crippen LogP contribution < -0.4 is 5.32 Å². The van der Waals surface area contributed by atoms with E-state index in [0.717, 1.165) is 25.6 Å². The molecule has 1 fully saturated rings. The van der Waals surface area contributed by atoms with Gasteiger partial charge in [-0.05, 0) is 38.6 Å². The molecule has 3 nitrogen and oxygen atoms in total. The maximum Gasteiger partial charge on any atom is 0.0416 e. The van der Waals surface area contributed by atoms with Gasteiger partial charge < -0.3 is 5.32 Å². The molecule has 0 bridgehead atoms. The Morgan fingerprint density at radius 2 is 2.35 bits per heavy atom. The standard InChI is InChI=1S/C14H23N3/c1-15-12-14-7-3-5-10-17(14)11-8-13-6-2-4-9-16-13/h2,4,6,9,14-15H,3,5,7-8,10-12H2,1H3. The molecule has 0 radical (unpaired) electrons. The molecule has 0 spiro atoms. The van der Waals surface area contributed by atoms with E-state index in [-0.39, 0.29) is 0 Å². The lowest BCUT2D eigenvalue weighted by molar-refractivity contribution is 0.148. The molecule has 0 saturated carbocycles. The van der Waals surface area contributed by atoms with Crippen molar-refractivity contribution in [3.63, 3.8) is 0 Å². The first-order valence-corrected chi connectivity index (χ1v) is 6.68. The minimum atomic E-state index is 0.720. The summed E-state index contributed by atoms with van der Waals surface area (Å²) in [6.45, 7) is 3.50. The second-order valence-electron chi connectivity index (χ2n) is 4.81. The molecule has 2 heterocycles. The summed E-state index contributed by atoms with van der Waals surface area (Å²) in [5.41, 5.74) is 1.21. The van der Waals surface area contributed by atoms with Crippen LogP contribution in [-0.2, 0) is 6.42 Å². The third-order valence-corrected chi connectivity index (χ3v) is 3.57. The molecule has 0 aliphatic carbocycles. The van der Waals surface area contributed by atoms with Crippen LogP contribution in [0.25, 0.3) is 0 Å². The molecule has 3 heteroatoms. The predicted molar refractivity (Wildman–Crippen MR) is 71.1 cm³/mol. The highest BCUT2D eigenvalue weighted by atomic mass is 15.2. The normalized spacial score (nSPS) is 21.6. The second-order valence-corrected chi connectivity index (χ2v) is 4.81. The lowest BCUT2D eigenvalue weighted by atomic mass is 10.0. The van der Waals surface area contributed by atoms with E-state index < -0.39 is 0 Å². The Morgan fingerprint density at radius 3 is 3.12 bits per heavy atom. The van der Waals surface area contributed by atoms with Crippen LogP contribution in [0.15, 0.2) is 24.4 Å². The molecule has 1 aliphatic heterocycles. The van der Waals surface area contributed by atoms with Gasteiger partial charge in [0.1, 0.15) is 0 Å². The Labute approximate surface area is 104 Å². The summed E-state index contributed by atoms with van der Waals surface area (Å²) in [6.07, 6.45) is 7.02. The van der Waals surface area contributed by atoms with Gasteiger partial charge in [0.15, 0.2) is 0 Å². The number of hydrogen-bond donors (Lipinski definition) is 1. The largest absolute Gasteiger partial charge is 0.318 e. The van der Waals surface area contributed by atoms with E-state index in [2.05, 4.69) is 27.3 Å². The van der Waals surface area contributed by atoms with Crippen LogP contribution in [0.4, 0.5) is 0 Å². The second kappa shape index (κ2) is 6.72. The van der Waals surface area contributed by atoms with Gasteiger partial charge in [-0.2, -0.15) is 0 Å². The lowest BCUT2D eigenvalue weighted by Crippen LogP contribution is -2.45. The molecule has 94 valence electrons. The number of nitrogens with one attached hydrogen (secondary N) is 1. The fraction of sp³-hybridized carbons (Fsp3) is 0.643. The highest BCUT2D eigenvalue weighted by Crippen LogP contribution is 2.16. The van der Waals surface area contributed by atoms with Gasteiger partial charge >= 0.3 is 0 Å². The number of likely N-dealkylation sites (N-methyl/N-ethyl adjacent to an activating group) is 1. The minimum Gasteiger partial charge on any atom is -0.318 e. The van der Waals surface area contributed by atoms with Crippen molar-refractivity contribution in [3.05, 3.63) is 30.1 Å². The maximum atomic E-state index is 4.39. The first-order chi connectivity index (χ1) is 8.40. The average Bonchev–Trinajstić information content (AvgIpc) is 2.39. The molecule has 1 aromatic rings. The number of aromatic nitrogens is 1. The Kier molecular flexibility index (Phi) is 4.95. The van der Waals surface area contributed by atoms with E-state index in [1.165, 1.54) is 31.5 Å². The minimum absolute atomic E-state index is 0.720. The summed E-state index contributed by atoms with van der Waals surface area (Å²) in [5, 5.41) is 3.31. The highest BCUT2D eigenvalue weighted by Gasteiger charge is 2.21. The molecule has 1 unspecified atom stereocenters. The maximum absolute atomic E-state index is 4.39. The fourth-order valence-corrected chi connectivity index (χ4v) is 2.63. The Morgan fingerprint density at radius 1 is 1.41 bits per heavy atom. The van der Waals surface area contributed by atoms with Gasteiger partial charge in [0.25, 0.3) is 0 Å². The summed E-state index contributed by atoms with van der Waals surface area (Å²) >= 11 is 0. The smallest absolute Gasteiger partial charge is 0.0416 e. The highest BCUT2D eigenvalue weighted by molar-refractivity contribution is 5.04. The van der Waals surface area contributed by atoms with Crippen molar-refractivity contribution in [2.75, 3.05) is 26.7 Å². The molecular formula is C14H23N3. The third kappa shape index (κ3) is 3.79. The molecule has 0 amide bonds. The third-order valence-electron chi connectivity index (χ3n) is 3.57. The van der Waals surface area contributed by atoms with E-state index in [1.54, 1.807) is 0 Å². The van der Waals surface area contributed by atoms with Crippen LogP contribution in [-0.4, -0.2) is 42.6 Å². The quantitative estimate of drug-likeness (QED) is 0.839. The summed E-state index contributed by atoms with van der Waals surface area (Å²) in [4.78, 5) is 7.01. The first-order valence-electron chi connectivity index (χ1n) is 6.68. The van der Waals surface area contributed by atoms with E-state index in [0.29, 0.717) is 0 Å². The van der Waals surface area contributed by atoms with Gasteiger partial charge in [-0.15, -0.1) is 0 Å². The van der Waals surface area contributed by atoms with Gasteiger partial charge in [-0.3, -0.25) is 9.88 Å². The molecule has 17 heavy (non-hydrogen) atoms. The molecule has 1 atom stereocenters. The zero-order chi connectivity index (χ0) is 11.9. The Hall–Kier alpha value is -0.930. The van der Waals surface area contributed by atoms with Crippen LogP contribution >= 0.6 is 0 Å². The predicted octanol–water partition coefficient (Wildman–Crippen LogP) is 1.70. The van der Waals surface area contributed by atoms with Crippen molar-refractivity contribution in [3.8, 4) is 0 Å². The summed E-state index contributed by atoms with van der Waals surface area (Å²) in [7, 11) is 2.05. The molecule has 2 rings (SSSR count). The molecule has 1 aliphatic rings. The van der Waals surface area contributed by atoms with Crippen molar-refractivity contribution < 1.29 is 0 Å². The van der Waals surface area contributed by atoms with Gasteiger partial charge in [-0.1, -0.05) is 12.5 Å². The van der Waals surface area contributed by atoms with Crippen molar-refractivity contribution >= 4 is 0 Å². The monoisotopic (exact) mass is 233 g/mol. The molecular weight excluding hydrogens is 210 g/mol. The van der Waals surface area contributed by atoms with Gasteiger partial charge in [0, 0.05) is 37.4 Å². The van der Waals surface area contributed by atoms with Crippen LogP contribution in [0.3, 0.4) is 0 Å². The van der Waals surface area contributed by atoms with Crippen LogP contribution in [0.5, 0.6) is 0 Å². The Bertz CT molecular complexity index is 311. The summed E-state index contributed by atoms with van der Waals surface area (Å²) in [6, 6.07) is 6.90. The van der Waals surface area contributed by atoms with Crippen LogP contribution in [0, 0.1) is 0 Å². The van der Waals surface area contributed by atoms with Crippen molar-refractivity contribution in [2.45, 2.75) is 31.7 Å². The van der Waals surface area contributed by atoms with Gasteiger partial charge in [0.2, 0.25) is 0 Å². The van der Waals surface area contributed by atoms with E-state index in [1.807, 2.05) is 19.3 Å². The van der Waals surface area contributed by atoms with Crippen molar-refractivity contribution in [1.82, 2.24) is 15.2 Å². The molecule has 1 saturated heterocycles. The number of pyridine rings is 1. The first kappa shape index (κ1) is 12.5. The van der Waals surface area contributed by atoms with Crippen LogP contribution in [0.2, 0.25) is 0 Å². The average molecular weight is 233 g/mol. The van der Waals surface area contributed by atoms with Crippen molar-refractivity contribution in [1.29, 1.82) is 0 Å². The van der Waals surface area contributed by atoms with E-state index in [4.69, 9.17) is 0 Å². The Balaban J connectivity index is 1.84. The topological polar surface area (TPSA) is 28.2 Å². The van der Waals surface area contributed by atoms with E-state index >= 15 is 0 Å². The fourth-order valence-electron chi connectivity index (χ4n) is 2.63. The molecule has 1 N–H and O–H groups in total. The SMILES string of the molecule is CNCC1CCCCN1CCc1ccccn1. The van der Waals surface area contributed by atoms with E-state index in [9.17, 15) is 0 Å². The van der Waals surface area contributed by atoms with Gasteiger partial charge in [-0.25, -0.2) is 0 Å². The molecule has 0 aromatic carbocycles. The number of nitrogens with zero attached hydrogens (tertiary/aromatic N) is 2. The van der Waals surface area contributed by atoms with Gasteiger partial charge in [0.05, 0.1) is 0 Å².